The molecule has 26 atom stereocenters. The monoisotopic (exact) mass is 949 g/mol. The van der Waals surface area contributed by atoms with Gasteiger partial charge in [0.05, 0.1) is 49.3 Å². The Morgan fingerprint density at radius 1 is 0.576 bits per heavy atom. The summed E-state index contributed by atoms with van der Waals surface area (Å²) in [6.07, 6.45) is -19.7. The van der Waals surface area contributed by atoms with E-state index in [1.165, 1.54) is 0 Å². The molecule has 0 amide bonds. The third-order valence-electron chi connectivity index (χ3n) is 19.3. The number of hydrogen-bond acceptors (Lipinski definition) is 19. The van der Waals surface area contributed by atoms with Crippen LogP contribution in [0.1, 0.15) is 107 Å². The highest BCUT2D eigenvalue weighted by molar-refractivity contribution is 5.21. The minimum atomic E-state index is -1.84. The number of rotatable bonds is 9. The predicted molar refractivity (Wildman–Crippen MR) is 228 cm³/mol. The third-order valence-corrected chi connectivity index (χ3v) is 19.3. The Bertz CT molecular complexity index is 1700. The number of aliphatic hydroxyl groups is 12. The molecule has 4 saturated carbocycles. The molecular formula is C47H80O19. The Hall–Kier alpha value is -0.760. The first-order valence-corrected chi connectivity index (χ1v) is 24.3. The molecule has 4 heterocycles. The van der Waals surface area contributed by atoms with Gasteiger partial charge in [0.1, 0.15) is 73.2 Å². The van der Waals surface area contributed by atoms with E-state index in [9.17, 15) is 61.3 Å². The lowest BCUT2D eigenvalue weighted by atomic mass is 9.35. The van der Waals surface area contributed by atoms with Crippen LogP contribution in [0.5, 0.6) is 0 Å². The third kappa shape index (κ3) is 8.16. The first-order chi connectivity index (χ1) is 30.7. The predicted octanol–water partition coefficient (Wildman–Crippen LogP) is -1.21. The van der Waals surface area contributed by atoms with Crippen molar-refractivity contribution in [3.8, 4) is 0 Å². The van der Waals surface area contributed by atoms with Gasteiger partial charge in [-0.2, -0.15) is 0 Å². The topological polar surface area (TPSA) is 307 Å². The fraction of sp³-hybridized carbons (Fsp3) is 1.00. The highest BCUT2D eigenvalue weighted by Crippen LogP contribution is 2.76. The molecular weight excluding hydrogens is 868 g/mol. The van der Waals surface area contributed by atoms with Crippen LogP contribution < -0.4 is 0 Å². The second-order valence-corrected chi connectivity index (χ2v) is 23.6. The van der Waals surface area contributed by atoms with Crippen LogP contribution in [0.25, 0.3) is 0 Å². The maximum absolute atomic E-state index is 12.5. The minimum absolute atomic E-state index is 0.0284. The molecule has 0 aromatic heterocycles. The summed E-state index contributed by atoms with van der Waals surface area (Å²) in [7, 11) is 0. The molecule has 0 bridgehead atoms. The van der Waals surface area contributed by atoms with Gasteiger partial charge < -0.3 is 94.4 Å². The van der Waals surface area contributed by atoms with Crippen LogP contribution in [0.4, 0.5) is 0 Å². The summed E-state index contributed by atoms with van der Waals surface area (Å²) in [4.78, 5) is 0. The van der Waals surface area contributed by atoms with Crippen LogP contribution in [0, 0.1) is 45.3 Å². The summed E-state index contributed by atoms with van der Waals surface area (Å²) in [6.45, 7) is 15.5. The van der Waals surface area contributed by atoms with Crippen LogP contribution in [-0.4, -0.2) is 203 Å². The smallest absolute Gasteiger partial charge is 0.187 e. The van der Waals surface area contributed by atoms with Gasteiger partial charge in [0.2, 0.25) is 0 Å². The van der Waals surface area contributed by atoms with E-state index < -0.39 is 140 Å². The van der Waals surface area contributed by atoms with Crippen molar-refractivity contribution in [3.05, 3.63) is 0 Å². The zero-order valence-corrected chi connectivity index (χ0v) is 39.7. The quantitative estimate of drug-likeness (QED) is 0.121. The van der Waals surface area contributed by atoms with E-state index in [4.69, 9.17) is 33.2 Å². The average Bonchev–Trinajstić information content (AvgIpc) is 3.64. The normalized spacial score (nSPS) is 57.1. The lowest BCUT2D eigenvalue weighted by Gasteiger charge is -2.71. The van der Waals surface area contributed by atoms with Crippen molar-refractivity contribution in [1.29, 1.82) is 0 Å². The molecule has 19 nitrogen and oxygen atoms in total. The Kier molecular flexibility index (Phi) is 14.1. The van der Waals surface area contributed by atoms with Crippen molar-refractivity contribution in [2.24, 2.45) is 45.3 Å². The standard InChI is InChI=1S/C47H80O19/c1-42(2)26-10-14-45(6)27(15-21(49)29-20(9-13-46(29,45)7)47(8)16-22(50)38(59)43(3,4)66-47)44(26,5)12-11-28(42)64-41-37(65-40-36(58)33(55)31(53)24(17-48)62-40)34(56)32(54)25(63-41)19-61-39-35(57)30(52)23(51)18-60-39/h20-41,48-59H,9-19H2,1-8H3/t20-,21+,22-,23+,24+,25+,26?,27+,28-,29-,30-,31+,32+,33-,34-,35+,36+,37+,38+,39-,40-,41-,44-,45+,46+,47-/m0/s1. The van der Waals surface area contributed by atoms with Crippen molar-refractivity contribution in [2.45, 2.75) is 228 Å². The Labute approximate surface area is 387 Å². The van der Waals surface area contributed by atoms with Crippen LogP contribution in [-0.2, 0) is 33.2 Å². The van der Waals surface area contributed by atoms with Gasteiger partial charge >= 0.3 is 0 Å². The van der Waals surface area contributed by atoms with E-state index in [2.05, 4.69) is 34.6 Å². The Morgan fingerprint density at radius 3 is 1.88 bits per heavy atom. The fourth-order valence-corrected chi connectivity index (χ4v) is 15.5. The first kappa shape index (κ1) is 51.6. The molecule has 0 aromatic carbocycles. The molecule has 8 aliphatic rings. The zero-order valence-electron chi connectivity index (χ0n) is 39.7. The van der Waals surface area contributed by atoms with Gasteiger partial charge in [-0.25, -0.2) is 0 Å². The highest BCUT2D eigenvalue weighted by Gasteiger charge is 2.72. The van der Waals surface area contributed by atoms with Crippen molar-refractivity contribution in [3.63, 3.8) is 0 Å². The highest BCUT2D eigenvalue weighted by atomic mass is 16.8. The summed E-state index contributed by atoms with van der Waals surface area (Å²) in [6, 6.07) is 0. The summed E-state index contributed by atoms with van der Waals surface area (Å²) in [5.74, 6) is 0.103. The average molecular weight is 949 g/mol. The molecule has 0 aromatic rings. The van der Waals surface area contributed by atoms with Gasteiger partial charge in [0, 0.05) is 6.42 Å². The maximum atomic E-state index is 12.5. The van der Waals surface area contributed by atoms with E-state index in [1.807, 2.05) is 20.8 Å². The minimum Gasteiger partial charge on any atom is -0.394 e. The molecule has 1 unspecified atom stereocenters. The van der Waals surface area contributed by atoms with Crippen LogP contribution in [0.3, 0.4) is 0 Å². The summed E-state index contributed by atoms with van der Waals surface area (Å²) >= 11 is 0. The molecule has 4 aliphatic heterocycles. The molecule has 12 N–H and O–H groups in total. The molecule has 0 radical (unpaired) electrons. The van der Waals surface area contributed by atoms with E-state index in [1.54, 1.807) is 0 Å². The molecule has 0 spiro atoms. The second kappa shape index (κ2) is 18.1. The largest absolute Gasteiger partial charge is 0.394 e. The van der Waals surface area contributed by atoms with Crippen LogP contribution in [0.15, 0.2) is 0 Å². The number of aliphatic hydroxyl groups excluding tert-OH is 12. The number of hydrogen-bond donors (Lipinski definition) is 12. The summed E-state index contributed by atoms with van der Waals surface area (Å²) < 4.78 is 42.8. The number of ether oxygens (including phenoxy) is 7. The summed E-state index contributed by atoms with van der Waals surface area (Å²) in [5, 5.41) is 130. The Morgan fingerprint density at radius 2 is 1.21 bits per heavy atom. The van der Waals surface area contributed by atoms with Gasteiger partial charge in [-0.3, -0.25) is 0 Å². The molecule has 382 valence electrons. The second-order valence-electron chi connectivity index (χ2n) is 23.6. The molecule has 8 rings (SSSR count). The van der Waals surface area contributed by atoms with Crippen molar-refractivity contribution in [1.82, 2.24) is 0 Å². The van der Waals surface area contributed by atoms with Crippen LogP contribution >= 0.6 is 0 Å². The molecule has 66 heavy (non-hydrogen) atoms. The van der Waals surface area contributed by atoms with Gasteiger partial charge in [0.15, 0.2) is 18.9 Å². The van der Waals surface area contributed by atoms with Gasteiger partial charge in [-0.1, -0.05) is 34.6 Å². The van der Waals surface area contributed by atoms with Crippen molar-refractivity contribution in [2.75, 3.05) is 19.8 Å². The van der Waals surface area contributed by atoms with E-state index in [0.29, 0.717) is 12.8 Å². The maximum Gasteiger partial charge on any atom is 0.187 e. The first-order valence-electron chi connectivity index (χ1n) is 24.3. The molecule has 4 saturated heterocycles. The molecule has 8 fully saturated rings. The Balaban J connectivity index is 1.03. The van der Waals surface area contributed by atoms with E-state index in [-0.39, 0.29) is 52.9 Å². The summed E-state index contributed by atoms with van der Waals surface area (Å²) in [5.41, 5.74) is -2.92. The zero-order chi connectivity index (χ0) is 48.4. The lowest BCUT2D eigenvalue weighted by Crippen LogP contribution is -2.68. The number of fused-ring (bicyclic) bond motifs is 5. The van der Waals surface area contributed by atoms with Gasteiger partial charge in [-0.05, 0) is 111 Å². The lowest BCUT2D eigenvalue weighted by molar-refractivity contribution is -0.382. The van der Waals surface area contributed by atoms with Crippen molar-refractivity contribution < 1.29 is 94.4 Å². The van der Waals surface area contributed by atoms with Crippen LogP contribution in [0.2, 0.25) is 0 Å². The molecule has 4 aliphatic carbocycles. The SMILES string of the molecule is CC1(C)O[C@](C)([C@H]2CC[C@]3(C)[C@@H]2[C@H](O)C[C@@H]2[C@@]4(C)CC[C@H](O[C@@H]5O[C@H](CO[C@@H]6OC[C@@H](O)[C@H](O)[C@H]6O)[C@@H](O)[C@H](O)[C@H]5O[C@@H]5O[C@H](CO)[C@@H](O)[C@H](O)[C@H]5O)C(C)(C)C4CC[C@]23C)C[C@H](O)[C@H]1O. The van der Waals surface area contributed by atoms with Gasteiger partial charge in [-0.15, -0.1) is 0 Å². The van der Waals surface area contributed by atoms with E-state index in [0.717, 1.165) is 32.1 Å². The molecule has 19 heteroatoms. The van der Waals surface area contributed by atoms with E-state index >= 15 is 0 Å². The fourth-order valence-electron chi connectivity index (χ4n) is 15.5. The van der Waals surface area contributed by atoms with Gasteiger partial charge in [0.25, 0.3) is 0 Å². The van der Waals surface area contributed by atoms with Crippen molar-refractivity contribution >= 4 is 0 Å².